The van der Waals surface area contributed by atoms with Crippen LogP contribution >= 0.6 is 11.3 Å². The zero-order valence-corrected chi connectivity index (χ0v) is 13.2. The van der Waals surface area contributed by atoms with Crippen molar-refractivity contribution in [2.75, 3.05) is 5.32 Å². The molecule has 3 heterocycles. The van der Waals surface area contributed by atoms with Crippen LogP contribution in [0.4, 0.5) is 5.95 Å². The summed E-state index contributed by atoms with van der Waals surface area (Å²) in [6, 6.07) is 11.8. The predicted molar refractivity (Wildman–Crippen MR) is 89.2 cm³/mol. The topological polar surface area (TPSA) is 76.7 Å². The molecule has 0 saturated heterocycles. The van der Waals surface area contributed by atoms with E-state index in [1.54, 1.807) is 17.5 Å². The Morgan fingerprint density at radius 3 is 2.87 bits per heavy atom. The Morgan fingerprint density at radius 2 is 2.04 bits per heavy atom. The van der Waals surface area contributed by atoms with Crippen LogP contribution in [0.3, 0.4) is 0 Å². The number of aryl methyl sites for hydroxylation is 1. The molecular weight excluding hydrogens is 310 g/mol. The number of nitrogens with one attached hydrogen (secondary N) is 1. The number of rotatable bonds is 4. The zero-order valence-electron chi connectivity index (χ0n) is 12.4. The van der Waals surface area contributed by atoms with Crippen molar-refractivity contribution in [2.24, 2.45) is 0 Å². The Hall–Kier alpha value is -2.80. The third-order valence-corrected chi connectivity index (χ3v) is 4.32. The summed E-state index contributed by atoms with van der Waals surface area (Å²) in [5.41, 5.74) is 1.66. The lowest BCUT2D eigenvalue weighted by Crippen LogP contribution is -2.04. The molecule has 0 aliphatic carbocycles. The maximum Gasteiger partial charge on any atom is 0.243 e. The number of nitrogens with zero attached hydrogens (tertiary/aromatic N) is 4. The second kappa shape index (κ2) is 5.77. The molecule has 0 saturated carbocycles. The summed E-state index contributed by atoms with van der Waals surface area (Å²) in [6.45, 7) is 2.45. The molecule has 4 aromatic rings. The van der Waals surface area contributed by atoms with E-state index >= 15 is 0 Å². The van der Waals surface area contributed by atoms with Crippen LogP contribution in [0.5, 0.6) is 0 Å². The molecule has 0 bridgehead atoms. The molecule has 114 valence electrons. The van der Waals surface area contributed by atoms with Gasteiger partial charge in [-0.2, -0.15) is 5.10 Å². The summed E-state index contributed by atoms with van der Waals surface area (Å²) in [6.07, 6.45) is 1.58. The number of furan rings is 1. The van der Waals surface area contributed by atoms with E-state index in [1.807, 2.05) is 37.3 Å². The van der Waals surface area contributed by atoms with Gasteiger partial charge in [0.25, 0.3) is 0 Å². The minimum atomic E-state index is 0.454. The number of aromatic nitrogens is 4. The highest BCUT2D eigenvalue weighted by molar-refractivity contribution is 7.18. The van der Waals surface area contributed by atoms with Crippen LogP contribution in [0, 0.1) is 6.92 Å². The van der Waals surface area contributed by atoms with E-state index in [1.165, 1.54) is 4.70 Å². The number of thiazole rings is 1. The van der Waals surface area contributed by atoms with Crippen molar-refractivity contribution in [2.45, 2.75) is 13.5 Å². The van der Waals surface area contributed by atoms with Crippen molar-refractivity contribution in [3.8, 4) is 11.5 Å². The molecule has 0 amide bonds. The van der Waals surface area contributed by atoms with Crippen LogP contribution in [-0.4, -0.2) is 20.2 Å². The first-order valence-corrected chi connectivity index (χ1v) is 7.94. The third kappa shape index (κ3) is 2.91. The van der Waals surface area contributed by atoms with Crippen LogP contribution in [-0.2, 0) is 6.54 Å². The molecule has 3 aromatic heterocycles. The van der Waals surface area contributed by atoms with Crippen LogP contribution in [0.15, 0.2) is 47.0 Å². The highest BCUT2D eigenvalue weighted by Crippen LogP contribution is 2.22. The lowest BCUT2D eigenvalue weighted by molar-refractivity contribution is 0.545. The van der Waals surface area contributed by atoms with Crippen molar-refractivity contribution in [3.63, 3.8) is 0 Å². The maximum atomic E-state index is 5.56. The van der Waals surface area contributed by atoms with E-state index in [-0.39, 0.29) is 0 Å². The minimum Gasteiger partial charge on any atom is -0.460 e. The van der Waals surface area contributed by atoms with E-state index in [0.717, 1.165) is 16.3 Å². The van der Waals surface area contributed by atoms with Crippen molar-refractivity contribution in [1.82, 2.24) is 20.2 Å². The largest absolute Gasteiger partial charge is 0.460 e. The molecule has 6 nitrogen and oxygen atoms in total. The second-order valence-electron chi connectivity index (χ2n) is 5.00. The fourth-order valence-corrected chi connectivity index (χ4v) is 3.13. The summed E-state index contributed by atoms with van der Waals surface area (Å²) in [7, 11) is 0. The van der Waals surface area contributed by atoms with E-state index in [2.05, 4.69) is 31.5 Å². The molecular formula is C16H13N5OS. The predicted octanol–water partition coefficient (Wildman–Crippen LogP) is 3.66. The summed E-state index contributed by atoms with van der Waals surface area (Å²) < 4.78 is 6.73. The average molecular weight is 323 g/mol. The van der Waals surface area contributed by atoms with E-state index in [9.17, 15) is 0 Å². The summed E-state index contributed by atoms with van der Waals surface area (Å²) >= 11 is 1.65. The lowest BCUT2D eigenvalue weighted by Gasteiger charge is -2.02. The van der Waals surface area contributed by atoms with Crippen molar-refractivity contribution in [3.05, 3.63) is 53.4 Å². The number of benzene rings is 1. The first kappa shape index (κ1) is 13.8. The fourth-order valence-electron chi connectivity index (χ4n) is 2.22. The first-order chi connectivity index (χ1) is 11.3. The molecule has 0 atom stereocenters. The van der Waals surface area contributed by atoms with Gasteiger partial charge >= 0.3 is 0 Å². The molecule has 1 N–H and O–H groups in total. The lowest BCUT2D eigenvalue weighted by atomic mass is 10.3. The van der Waals surface area contributed by atoms with E-state index in [0.29, 0.717) is 23.9 Å². The fraction of sp³-hybridized carbons (Fsp3) is 0.125. The van der Waals surface area contributed by atoms with Crippen molar-refractivity contribution in [1.29, 1.82) is 0 Å². The summed E-state index contributed by atoms with van der Waals surface area (Å²) in [5, 5.41) is 12.1. The van der Waals surface area contributed by atoms with Crippen molar-refractivity contribution >= 4 is 27.5 Å². The summed E-state index contributed by atoms with van der Waals surface area (Å²) in [5.74, 6) is 1.97. The SMILES string of the molecule is Cc1ccc(-c2cnnc(NCc3nc4ccccc4s3)n2)o1. The highest BCUT2D eigenvalue weighted by atomic mass is 32.1. The molecule has 0 aliphatic rings. The standard InChI is InChI=1S/C16H13N5OS/c1-10-6-7-13(22-10)12-8-18-21-16(20-12)17-9-15-19-11-4-2-3-5-14(11)23-15/h2-8H,9H2,1H3,(H,17,20,21). The molecule has 0 unspecified atom stereocenters. The van der Waals surface area contributed by atoms with Gasteiger partial charge in [-0.3, -0.25) is 0 Å². The number of para-hydroxylation sites is 1. The van der Waals surface area contributed by atoms with Gasteiger partial charge in [0, 0.05) is 0 Å². The zero-order chi connectivity index (χ0) is 15.6. The van der Waals surface area contributed by atoms with E-state index < -0.39 is 0 Å². The molecule has 0 fully saturated rings. The van der Waals surface area contributed by atoms with Gasteiger partial charge in [-0.1, -0.05) is 12.1 Å². The van der Waals surface area contributed by atoms with Gasteiger partial charge in [-0.15, -0.1) is 16.4 Å². The van der Waals surface area contributed by atoms with Gasteiger partial charge in [-0.05, 0) is 31.2 Å². The Kier molecular flexibility index (Phi) is 3.47. The normalized spacial score (nSPS) is 11.0. The van der Waals surface area contributed by atoms with Crippen LogP contribution in [0.25, 0.3) is 21.7 Å². The molecule has 0 radical (unpaired) electrons. The quantitative estimate of drug-likeness (QED) is 0.617. The molecule has 23 heavy (non-hydrogen) atoms. The van der Waals surface area contributed by atoms with Gasteiger partial charge < -0.3 is 9.73 Å². The van der Waals surface area contributed by atoms with Gasteiger partial charge in [0.2, 0.25) is 5.95 Å². The van der Waals surface area contributed by atoms with Crippen LogP contribution in [0.2, 0.25) is 0 Å². The Labute approximate surface area is 136 Å². The smallest absolute Gasteiger partial charge is 0.243 e. The molecule has 1 aromatic carbocycles. The maximum absolute atomic E-state index is 5.56. The second-order valence-corrected chi connectivity index (χ2v) is 6.12. The molecule has 0 aliphatic heterocycles. The van der Waals surface area contributed by atoms with Gasteiger partial charge in [0.05, 0.1) is 23.0 Å². The van der Waals surface area contributed by atoms with Gasteiger partial charge in [0.15, 0.2) is 5.76 Å². The molecule has 0 spiro atoms. The number of hydrogen-bond acceptors (Lipinski definition) is 7. The minimum absolute atomic E-state index is 0.454. The highest BCUT2D eigenvalue weighted by Gasteiger charge is 2.08. The van der Waals surface area contributed by atoms with Crippen LogP contribution < -0.4 is 5.32 Å². The van der Waals surface area contributed by atoms with Gasteiger partial charge in [-0.25, -0.2) is 9.97 Å². The molecule has 7 heteroatoms. The number of hydrogen-bond donors (Lipinski definition) is 1. The summed E-state index contributed by atoms with van der Waals surface area (Å²) in [4.78, 5) is 9.00. The third-order valence-electron chi connectivity index (χ3n) is 3.29. The van der Waals surface area contributed by atoms with Gasteiger partial charge in [0.1, 0.15) is 16.5 Å². The number of fused-ring (bicyclic) bond motifs is 1. The van der Waals surface area contributed by atoms with Crippen molar-refractivity contribution < 1.29 is 4.42 Å². The van der Waals surface area contributed by atoms with E-state index in [4.69, 9.17) is 4.42 Å². The first-order valence-electron chi connectivity index (χ1n) is 7.13. The Bertz CT molecular complexity index is 929. The monoisotopic (exact) mass is 323 g/mol. The average Bonchev–Trinajstić information content (AvgIpc) is 3.19. The Balaban J connectivity index is 1.52. The van der Waals surface area contributed by atoms with Crippen LogP contribution in [0.1, 0.15) is 10.8 Å². The number of anilines is 1. The molecule has 4 rings (SSSR count). The Morgan fingerprint density at radius 1 is 1.13 bits per heavy atom.